The molecule has 2 aliphatic heterocycles. The van der Waals surface area contributed by atoms with Crippen LogP contribution in [0.2, 0.25) is 0 Å². The second-order valence-electron chi connectivity index (χ2n) is 11.0. The van der Waals surface area contributed by atoms with Crippen LogP contribution in [-0.4, -0.2) is 102 Å². The number of benzene rings is 2. The highest BCUT2D eigenvalue weighted by molar-refractivity contribution is 7.90. The van der Waals surface area contributed by atoms with Crippen LogP contribution in [0.5, 0.6) is 11.5 Å². The van der Waals surface area contributed by atoms with Crippen LogP contribution < -0.4 is 20.9 Å². The number of likely N-dealkylation sites (tertiary alicyclic amines) is 2. The Labute approximate surface area is 247 Å². The van der Waals surface area contributed by atoms with Gasteiger partial charge in [0.1, 0.15) is 31.9 Å². The third-order valence-corrected chi connectivity index (χ3v) is 8.97. The van der Waals surface area contributed by atoms with E-state index in [2.05, 4.69) is 9.80 Å². The summed E-state index contributed by atoms with van der Waals surface area (Å²) in [6.07, 6.45) is 5.43. The van der Waals surface area contributed by atoms with Crippen LogP contribution >= 0.6 is 0 Å². The summed E-state index contributed by atoms with van der Waals surface area (Å²) in [5, 5.41) is 0. The van der Waals surface area contributed by atoms with Gasteiger partial charge in [0.15, 0.2) is 23.1 Å². The second-order valence-corrected chi connectivity index (χ2v) is 15.5. The number of halogens is 2. The van der Waals surface area contributed by atoms with E-state index in [1.54, 1.807) is 24.3 Å². The van der Waals surface area contributed by atoms with Gasteiger partial charge in [-0.1, -0.05) is 0 Å². The van der Waals surface area contributed by atoms with Crippen LogP contribution in [0, 0.1) is 11.6 Å². The summed E-state index contributed by atoms with van der Waals surface area (Å²) in [5.41, 5.74) is 11.7. The van der Waals surface area contributed by atoms with Crippen molar-refractivity contribution in [3.8, 4) is 11.5 Å². The van der Waals surface area contributed by atoms with Crippen molar-refractivity contribution in [1.29, 1.82) is 0 Å². The van der Waals surface area contributed by atoms with Crippen molar-refractivity contribution in [3.05, 3.63) is 48.0 Å². The molecule has 0 unspecified atom stereocenters. The first-order valence-electron chi connectivity index (χ1n) is 13.9. The molecular weight excluding hydrogens is 590 g/mol. The molecule has 2 fully saturated rings. The molecule has 0 amide bonds. The van der Waals surface area contributed by atoms with E-state index in [9.17, 15) is 25.6 Å². The highest BCUT2D eigenvalue weighted by Gasteiger charge is 2.23. The molecule has 0 spiro atoms. The number of ether oxygens (including phenoxy) is 2. The third-order valence-electron chi connectivity index (χ3n) is 7.12. The van der Waals surface area contributed by atoms with Crippen molar-refractivity contribution >= 4 is 31.0 Å². The monoisotopic (exact) mass is 632 g/mol. The lowest BCUT2D eigenvalue weighted by Crippen LogP contribution is -2.40. The molecule has 0 bridgehead atoms. The Morgan fingerprint density at radius 2 is 1.02 bits per heavy atom. The zero-order valence-corrected chi connectivity index (χ0v) is 25.8. The maximum atomic E-state index is 13.7. The van der Waals surface area contributed by atoms with Gasteiger partial charge in [-0.2, -0.15) is 0 Å². The van der Waals surface area contributed by atoms with Gasteiger partial charge in [0.2, 0.25) is 0 Å². The summed E-state index contributed by atoms with van der Waals surface area (Å²) in [7, 11) is -5.86. The minimum atomic E-state index is -2.93. The molecule has 2 aromatic carbocycles. The zero-order valence-electron chi connectivity index (χ0n) is 24.2. The van der Waals surface area contributed by atoms with Crippen LogP contribution in [0.25, 0.3) is 0 Å². The molecule has 236 valence electrons. The summed E-state index contributed by atoms with van der Waals surface area (Å²) in [6.45, 7) is 4.13. The van der Waals surface area contributed by atoms with Gasteiger partial charge in [-0.25, -0.2) is 25.6 Å². The smallest absolute Gasteiger partial charge is 0.167 e. The lowest BCUT2D eigenvalue weighted by atomic mass is 10.1. The number of hydrogen-bond acceptors (Lipinski definition) is 10. The Morgan fingerprint density at radius 1 is 0.690 bits per heavy atom. The van der Waals surface area contributed by atoms with Crippen molar-refractivity contribution < 1.29 is 35.1 Å². The predicted molar refractivity (Wildman–Crippen MR) is 161 cm³/mol. The number of rotatable bonds is 10. The van der Waals surface area contributed by atoms with Gasteiger partial charge < -0.3 is 30.7 Å². The van der Waals surface area contributed by atoms with E-state index in [-0.39, 0.29) is 35.2 Å². The van der Waals surface area contributed by atoms with E-state index in [4.69, 9.17) is 20.9 Å². The van der Waals surface area contributed by atoms with Gasteiger partial charge in [0.25, 0.3) is 0 Å². The zero-order chi connectivity index (χ0) is 30.9. The van der Waals surface area contributed by atoms with Gasteiger partial charge in [-0.15, -0.1) is 0 Å². The highest BCUT2D eigenvalue weighted by atomic mass is 32.2. The molecule has 14 heteroatoms. The molecule has 2 aliphatic rings. The highest BCUT2D eigenvalue weighted by Crippen LogP contribution is 2.25. The average Bonchev–Trinajstić information content (AvgIpc) is 2.90. The van der Waals surface area contributed by atoms with E-state index in [1.807, 2.05) is 0 Å². The molecule has 0 aliphatic carbocycles. The summed E-state index contributed by atoms with van der Waals surface area (Å²) < 4.78 is 83.2. The van der Waals surface area contributed by atoms with Gasteiger partial charge in [0.05, 0.1) is 11.5 Å². The molecular formula is C28H42F2N4O6S2. The SMILES string of the molecule is CS(=O)(=O)CCN1CCC(Oc2ccc(N)cc2F)CC1.CS(=O)(=O)CCN1CCC(Oc2ccc(N)cc2F)CC1. The molecule has 0 saturated carbocycles. The average molecular weight is 633 g/mol. The summed E-state index contributed by atoms with van der Waals surface area (Å²) >= 11 is 0. The van der Waals surface area contributed by atoms with Crippen molar-refractivity contribution in [3.63, 3.8) is 0 Å². The van der Waals surface area contributed by atoms with Crippen molar-refractivity contribution in [2.45, 2.75) is 37.9 Å². The molecule has 4 N–H and O–H groups in total. The first-order valence-corrected chi connectivity index (χ1v) is 18.0. The number of nitrogen functional groups attached to an aromatic ring is 2. The van der Waals surface area contributed by atoms with Crippen molar-refractivity contribution in [1.82, 2.24) is 9.80 Å². The van der Waals surface area contributed by atoms with Crippen LogP contribution in [-0.2, 0) is 19.7 Å². The van der Waals surface area contributed by atoms with Crippen LogP contribution in [0.3, 0.4) is 0 Å². The topological polar surface area (TPSA) is 145 Å². The number of piperidine rings is 2. The number of sulfone groups is 2. The number of hydrogen-bond donors (Lipinski definition) is 2. The standard InChI is InChI=1S/2C14H21FN2O3S/c2*1-21(18,19)9-8-17-6-4-12(5-7-17)20-14-3-2-11(16)10-13(14)15/h2*2-3,10,12H,4-9,16H2,1H3. The number of anilines is 2. The molecule has 4 rings (SSSR count). The van der Waals surface area contributed by atoms with Gasteiger partial charge in [-0.05, 0) is 49.9 Å². The minimum absolute atomic E-state index is 0.0439. The first kappa shape index (κ1) is 33.8. The fourth-order valence-electron chi connectivity index (χ4n) is 4.68. The fraction of sp³-hybridized carbons (Fsp3) is 0.571. The van der Waals surface area contributed by atoms with Gasteiger partial charge in [-0.3, -0.25) is 0 Å². The van der Waals surface area contributed by atoms with Crippen molar-refractivity contribution in [2.24, 2.45) is 0 Å². The van der Waals surface area contributed by atoms with E-state index in [0.717, 1.165) is 51.9 Å². The van der Waals surface area contributed by atoms with Crippen LogP contribution in [0.1, 0.15) is 25.7 Å². The molecule has 10 nitrogen and oxygen atoms in total. The van der Waals surface area contributed by atoms with E-state index in [0.29, 0.717) is 24.5 Å². The lowest BCUT2D eigenvalue weighted by molar-refractivity contribution is 0.100. The molecule has 2 heterocycles. The minimum Gasteiger partial charge on any atom is -0.487 e. The summed E-state index contributed by atoms with van der Waals surface area (Å²) in [4.78, 5) is 4.19. The van der Waals surface area contributed by atoms with Gasteiger partial charge in [0, 0.05) is 75.3 Å². The molecule has 0 aromatic heterocycles. The van der Waals surface area contributed by atoms with Crippen LogP contribution in [0.15, 0.2) is 36.4 Å². The molecule has 2 saturated heterocycles. The Morgan fingerprint density at radius 3 is 1.31 bits per heavy atom. The Bertz CT molecular complexity index is 1270. The van der Waals surface area contributed by atoms with E-state index >= 15 is 0 Å². The first-order chi connectivity index (χ1) is 19.7. The predicted octanol–water partition coefficient (Wildman–Crippen LogP) is 2.59. The van der Waals surface area contributed by atoms with E-state index in [1.165, 1.54) is 24.6 Å². The van der Waals surface area contributed by atoms with Crippen molar-refractivity contribution in [2.75, 3.05) is 74.8 Å². The lowest BCUT2D eigenvalue weighted by Gasteiger charge is -2.32. The molecule has 2 aromatic rings. The number of nitrogens with two attached hydrogens (primary N) is 2. The largest absolute Gasteiger partial charge is 0.487 e. The third kappa shape index (κ3) is 12.3. The fourth-order valence-corrected chi connectivity index (χ4v) is 5.86. The molecule has 42 heavy (non-hydrogen) atoms. The number of nitrogens with zero attached hydrogens (tertiary/aromatic N) is 2. The van der Waals surface area contributed by atoms with Crippen LogP contribution in [0.4, 0.5) is 20.2 Å². The Balaban J connectivity index is 0.000000230. The quantitative estimate of drug-likeness (QED) is 0.375. The maximum absolute atomic E-state index is 13.7. The Kier molecular flexibility index (Phi) is 12.2. The van der Waals surface area contributed by atoms with E-state index < -0.39 is 31.3 Å². The molecule has 0 atom stereocenters. The summed E-state index contributed by atoms with van der Waals surface area (Å²) in [6, 6.07) is 8.80. The normalized spacial score (nSPS) is 17.8. The van der Waals surface area contributed by atoms with Gasteiger partial charge >= 0.3 is 0 Å². The Hall–Kier alpha value is -2.68. The molecule has 0 radical (unpaired) electrons. The maximum Gasteiger partial charge on any atom is 0.167 e. The second kappa shape index (κ2) is 15.2. The summed E-state index contributed by atoms with van der Waals surface area (Å²) in [5.74, 6) is -0.113.